The standard InChI is InChI=1S/C33H63N3O7/c1-2-29(37)27(34)21-19-20-26-35-30(38)25-24-28(33(42)43)36-31(39)22-17-15-13-11-9-7-5-3-4-6-8-10-12-14-16-18-23-32(40)41/h27-28,33,42-43H,2-26,34H2,1H3,(H,35,38)(H,36,39)(H,40,41). The molecule has 0 aliphatic rings. The van der Waals surface area contributed by atoms with Crippen LogP contribution in [-0.4, -0.2) is 63.8 Å². The van der Waals surface area contributed by atoms with Gasteiger partial charge in [-0.25, -0.2) is 0 Å². The molecule has 0 aliphatic carbocycles. The van der Waals surface area contributed by atoms with Crippen molar-refractivity contribution in [3.05, 3.63) is 0 Å². The van der Waals surface area contributed by atoms with Crippen molar-refractivity contribution in [2.45, 2.75) is 179 Å². The molecule has 0 fully saturated rings. The number of nitrogens with two attached hydrogens (primary N) is 1. The zero-order valence-corrected chi connectivity index (χ0v) is 27.0. The van der Waals surface area contributed by atoms with E-state index in [1.165, 1.54) is 64.2 Å². The molecule has 7 N–H and O–H groups in total. The number of carbonyl (C=O) groups is 4. The van der Waals surface area contributed by atoms with E-state index in [-0.39, 0.29) is 30.4 Å². The van der Waals surface area contributed by atoms with Crippen molar-refractivity contribution in [2.75, 3.05) is 6.54 Å². The summed E-state index contributed by atoms with van der Waals surface area (Å²) < 4.78 is 0. The monoisotopic (exact) mass is 613 g/mol. The van der Waals surface area contributed by atoms with Gasteiger partial charge in [0.2, 0.25) is 11.8 Å². The highest BCUT2D eigenvalue weighted by Gasteiger charge is 2.20. The SMILES string of the molecule is CCC(=O)C(N)CCCCNC(=O)CCC(NC(=O)CCCCCCCCCCCCCCCCCCC(=O)O)C(O)O. The van der Waals surface area contributed by atoms with E-state index in [1.807, 2.05) is 0 Å². The topological polar surface area (TPSA) is 179 Å². The molecule has 2 atom stereocenters. The third kappa shape index (κ3) is 27.3. The Balaban J connectivity index is 3.66. The van der Waals surface area contributed by atoms with Gasteiger partial charge in [0.15, 0.2) is 6.29 Å². The molecule has 0 saturated carbocycles. The van der Waals surface area contributed by atoms with Crippen LogP contribution in [0, 0.1) is 0 Å². The fourth-order valence-electron chi connectivity index (χ4n) is 5.13. The molecule has 0 aromatic carbocycles. The van der Waals surface area contributed by atoms with Gasteiger partial charge in [0, 0.05) is 32.2 Å². The van der Waals surface area contributed by atoms with Gasteiger partial charge in [-0.1, -0.05) is 96.8 Å². The Morgan fingerprint density at radius 1 is 0.605 bits per heavy atom. The summed E-state index contributed by atoms with van der Waals surface area (Å²) in [5.74, 6) is -1.09. The van der Waals surface area contributed by atoms with Crippen LogP contribution in [0.3, 0.4) is 0 Å². The number of aliphatic hydroxyl groups is 2. The first-order valence-electron chi connectivity index (χ1n) is 17.1. The van der Waals surface area contributed by atoms with Gasteiger partial charge >= 0.3 is 5.97 Å². The molecule has 2 amide bonds. The number of ketones is 1. The number of Topliss-reactive ketones (excluding diaryl/α,β-unsaturated/α-hetero) is 1. The summed E-state index contributed by atoms with van der Waals surface area (Å²) in [4.78, 5) is 46.3. The van der Waals surface area contributed by atoms with Crippen LogP contribution in [0.2, 0.25) is 0 Å². The van der Waals surface area contributed by atoms with Crippen LogP contribution in [0.5, 0.6) is 0 Å². The predicted octanol–water partition coefficient (Wildman–Crippen LogP) is 5.26. The number of carboxylic acid groups (broad SMARTS) is 1. The number of unbranched alkanes of at least 4 members (excludes halogenated alkanes) is 16. The number of aliphatic carboxylic acids is 1. The minimum atomic E-state index is -1.73. The van der Waals surface area contributed by atoms with Crippen LogP contribution in [-0.2, 0) is 19.2 Å². The Labute approximate surface area is 260 Å². The van der Waals surface area contributed by atoms with Crippen LogP contribution < -0.4 is 16.4 Å². The number of amides is 2. The van der Waals surface area contributed by atoms with Gasteiger partial charge in [-0.15, -0.1) is 0 Å². The Kier molecular flexibility index (Phi) is 27.4. The lowest BCUT2D eigenvalue weighted by Crippen LogP contribution is -2.44. The molecule has 252 valence electrons. The van der Waals surface area contributed by atoms with Gasteiger partial charge in [0.05, 0.1) is 12.1 Å². The molecule has 0 heterocycles. The van der Waals surface area contributed by atoms with E-state index in [0.29, 0.717) is 38.6 Å². The highest BCUT2D eigenvalue weighted by Crippen LogP contribution is 2.14. The Morgan fingerprint density at radius 2 is 1.07 bits per heavy atom. The molecule has 10 nitrogen and oxygen atoms in total. The molecule has 0 saturated heterocycles. The number of carbonyl (C=O) groups excluding carboxylic acids is 3. The number of aliphatic hydroxyl groups excluding tert-OH is 1. The number of rotatable bonds is 31. The molecule has 0 aromatic rings. The first kappa shape index (κ1) is 41.0. The van der Waals surface area contributed by atoms with Gasteiger partial charge in [-0.05, 0) is 38.5 Å². The number of nitrogens with one attached hydrogen (secondary N) is 2. The first-order valence-corrected chi connectivity index (χ1v) is 17.1. The van der Waals surface area contributed by atoms with Gasteiger partial charge in [-0.2, -0.15) is 0 Å². The van der Waals surface area contributed by atoms with Crippen molar-refractivity contribution >= 4 is 23.6 Å². The van der Waals surface area contributed by atoms with Crippen molar-refractivity contribution in [1.82, 2.24) is 10.6 Å². The van der Waals surface area contributed by atoms with E-state index in [2.05, 4.69) is 10.6 Å². The predicted molar refractivity (Wildman–Crippen MR) is 170 cm³/mol. The Hall–Kier alpha value is -2.04. The lowest BCUT2D eigenvalue weighted by molar-refractivity contribution is -0.137. The molecule has 0 rings (SSSR count). The average molecular weight is 614 g/mol. The maximum absolute atomic E-state index is 12.3. The molecule has 0 aliphatic heterocycles. The minimum absolute atomic E-state index is 0.0421. The van der Waals surface area contributed by atoms with Crippen molar-refractivity contribution < 1.29 is 34.5 Å². The highest BCUT2D eigenvalue weighted by molar-refractivity contribution is 5.83. The van der Waals surface area contributed by atoms with Crippen molar-refractivity contribution in [2.24, 2.45) is 5.73 Å². The second kappa shape index (κ2) is 28.7. The van der Waals surface area contributed by atoms with Gasteiger partial charge in [0.25, 0.3) is 0 Å². The fraction of sp³-hybridized carbons (Fsp3) is 0.879. The molecule has 0 spiro atoms. The summed E-state index contributed by atoms with van der Waals surface area (Å²) in [6, 6.07) is -1.33. The number of hydrogen-bond acceptors (Lipinski definition) is 7. The summed E-state index contributed by atoms with van der Waals surface area (Å²) in [6.07, 6.45) is 19.9. The zero-order valence-electron chi connectivity index (χ0n) is 27.0. The van der Waals surface area contributed by atoms with E-state index in [4.69, 9.17) is 10.8 Å². The Morgan fingerprint density at radius 3 is 1.51 bits per heavy atom. The van der Waals surface area contributed by atoms with Gasteiger partial charge in [0.1, 0.15) is 5.78 Å². The molecule has 0 aromatic heterocycles. The highest BCUT2D eigenvalue weighted by atomic mass is 16.5. The van der Waals surface area contributed by atoms with Crippen molar-refractivity contribution in [3.63, 3.8) is 0 Å². The molecule has 10 heteroatoms. The average Bonchev–Trinajstić information content (AvgIpc) is 2.97. The molecular weight excluding hydrogens is 550 g/mol. The van der Waals surface area contributed by atoms with E-state index in [0.717, 1.165) is 44.9 Å². The molecule has 2 unspecified atom stereocenters. The van der Waals surface area contributed by atoms with Crippen LogP contribution in [0.25, 0.3) is 0 Å². The third-order valence-electron chi connectivity index (χ3n) is 7.96. The minimum Gasteiger partial charge on any atom is -0.481 e. The van der Waals surface area contributed by atoms with E-state index in [1.54, 1.807) is 6.92 Å². The van der Waals surface area contributed by atoms with E-state index in [9.17, 15) is 29.4 Å². The van der Waals surface area contributed by atoms with Crippen LogP contribution in [0.1, 0.15) is 161 Å². The van der Waals surface area contributed by atoms with E-state index >= 15 is 0 Å². The molecule has 43 heavy (non-hydrogen) atoms. The summed E-state index contributed by atoms with van der Waals surface area (Å²) >= 11 is 0. The van der Waals surface area contributed by atoms with Crippen LogP contribution in [0.4, 0.5) is 0 Å². The smallest absolute Gasteiger partial charge is 0.303 e. The molecule has 0 bridgehead atoms. The lowest BCUT2D eigenvalue weighted by atomic mass is 10.0. The van der Waals surface area contributed by atoms with Gasteiger partial charge < -0.3 is 31.7 Å². The summed E-state index contributed by atoms with van der Waals surface area (Å²) in [5.41, 5.74) is 5.79. The van der Waals surface area contributed by atoms with Crippen LogP contribution in [0.15, 0.2) is 0 Å². The fourth-order valence-corrected chi connectivity index (χ4v) is 5.13. The van der Waals surface area contributed by atoms with Crippen LogP contribution >= 0.6 is 0 Å². The normalized spacial score (nSPS) is 12.7. The lowest BCUT2D eigenvalue weighted by Gasteiger charge is -2.20. The molecular formula is C33H63N3O7. The second-order valence-corrected chi connectivity index (χ2v) is 11.9. The number of carboxylic acids is 1. The maximum atomic E-state index is 12.3. The number of hydrogen-bond donors (Lipinski definition) is 6. The quantitative estimate of drug-likeness (QED) is 0.0452. The first-order chi connectivity index (χ1) is 20.7. The zero-order chi connectivity index (χ0) is 32.1. The Bertz CT molecular complexity index is 733. The third-order valence-corrected chi connectivity index (χ3v) is 7.96. The summed E-state index contributed by atoms with van der Waals surface area (Å²) in [5, 5.41) is 33.3. The van der Waals surface area contributed by atoms with Crippen molar-refractivity contribution in [3.8, 4) is 0 Å². The van der Waals surface area contributed by atoms with E-state index < -0.39 is 24.3 Å². The summed E-state index contributed by atoms with van der Waals surface area (Å²) in [6.45, 7) is 2.25. The largest absolute Gasteiger partial charge is 0.481 e. The van der Waals surface area contributed by atoms with Gasteiger partial charge in [-0.3, -0.25) is 19.2 Å². The second-order valence-electron chi connectivity index (χ2n) is 11.9. The summed E-state index contributed by atoms with van der Waals surface area (Å²) in [7, 11) is 0. The van der Waals surface area contributed by atoms with Crippen molar-refractivity contribution in [1.29, 1.82) is 0 Å². The maximum Gasteiger partial charge on any atom is 0.303 e. The molecule has 0 radical (unpaired) electrons.